The van der Waals surface area contributed by atoms with E-state index in [9.17, 15) is 13.6 Å². The van der Waals surface area contributed by atoms with Gasteiger partial charge in [-0.1, -0.05) is 0 Å². The van der Waals surface area contributed by atoms with Gasteiger partial charge in [-0.05, 0) is 43.3 Å². The molecule has 2 aromatic rings. The lowest BCUT2D eigenvalue weighted by atomic mass is 10.2. The van der Waals surface area contributed by atoms with Crippen LogP contribution in [0.1, 0.15) is 17.3 Å². The Bertz CT molecular complexity index is 612. The molecule has 0 bridgehead atoms. The number of ether oxygens (including phenoxy) is 1. The molecule has 0 saturated heterocycles. The molecule has 2 rings (SSSR count). The molecule has 5 heteroatoms. The second kappa shape index (κ2) is 6.14. The molecule has 0 aliphatic carbocycles. The van der Waals surface area contributed by atoms with Crippen LogP contribution in [0.25, 0.3) is 0 Å². The van der Waals surface area contributed by atoms with E-state index in [-0.39, 0.29) is 5.69 Å². The molecule has 0 aliphatic heterocycles. The van der Waals surface area contributed by atoms with Crippen LogP contribution in [0.2, 0.25) is 0 Å². The Morgan fingerprint density at radius 3 is 2.50 bits per heavy atom. The molecule has 0 fully saturated rings. The molecule has 3 nitrogen and oxygen atoms in total. The van der Waals surface area contributed by atoms with Crippen molar-refractivity contribution in [1.29, 1.82) is 0 Å². The maximum Gasteiger partial charge on any atom is 0.255 e. The normalized spacial score (nSPS) is 10.2. The van der Waals surface area contributed by atoms with Crippen molar-refractivity contribution in [1.82, 2.24) is 0 Å². The van der Waals surface area contributed by atoms with Crippen molar-refractivity contribution < 1.29 is 18.3 Å². The van der Waals surface area contributed by atoms with Gasteiger partial charge in [0.2, 0.25) is 0 Å². The maximum absolute atomic E-state index is 13.4. The zero-order valence-electron chi connectivity index (χ0n) is 10.8. The van der Waals surface area contributed by atoms with Crippen LogP contribution < -0.4 is 10.1 Å². The SMILES string of the molecule is CCOc1ccc(C(=O)Nc2cc(F)ccc2F)cc1. The number of halogens is 2. The average molecular weight is 277 g/mol. The number of carbonyl (C=O) groups excluding carboxylic acids is 1. The Balaban J connectivity index is 2.13. The van der Waals surface area contributed by atoms with Gasteiger partial charge in [0.1, 0.15) is 17.4 Å². The maximum atomic E-state index is 13.4. The first-order valence-corrected chi connectivity index (χ1v) is 6.09. The van der Waals surface area contributed by atoms with Crippen molar-refractivity contribution in [3.8, 4) is 5.75 Å². The topological polar surface area (TPSA) is 38.3 Å². The van der Waals surface area contributed by atoms with Crippen LogP contribution in [-0.2, 0) is 0 Å². The van der Waals surface area contributed by atoms with Gasteiger partial charge in [0, 0.05) is 11.6 Å². The smallest absolute Gasteiger partial charge is 0.255 e. The van der Waals surface area contributed by atoms with E-state index in [0.29, 0.717) is 17.9 Å². The number of hydrogen-bond donors (Lipinski definition) is 1. The fourth-order valence-corrected chi connectivity index (χ4v) is 1.66. The van der Waals surface area contributed by atoms with Gasteiger partial charge in [-0.2, -0.15) is 0 Å². The zero-order valence-corrected chi connectivity index (χ0v) is 10.8. The minimum atomic E-state index is -0.689. The van der Waals surface area contributed by atoms with Crippen LogP contribution in [0, 0.1) is 11.6 Å². The number of hydrogen-bond acceptors (Lipinski definition) is 2. The van der Waals surface area contributed by atoms with Gasteiger partial charge in [-0.3, -0.25) is 4.79 Å². The van der Waals surface area contributed by atoms with Crippen LogP contribution >= 0.6 is 0 Å². The number of amides is 1. The fraction of sp³-hybridized carbons (Fsp3) is 0.133. The van der Waals surface area contributed by atoms with Crippen LogP contribution in [0.5, 0.6) is 5.75 Å². The molecule has 0 aliphatic rings. The predicted octanol–water partition coefficient (Wildman–Crippen LogP) is 3.62. The minimum Gasteiger partial charge on any atom is -0.494 e. The van der Waals surface area contributed by atoms with Gasteiger partial charge in [-0.15, -0.1) is 0 Å². The largest absolute Gasteiger partial charge is 0.494 e. The highest BCUT2D eigenvalue weighted by Crippen LogP contribution is 2.17. The molecular weight excluding hydrogens is 264 g/mol. The van der Waals surface area contributed by atoms with Crippen LogP contribution in [-0.4, -0.2) is 12.5 Å². The Morgan fingerprint density at radius 2 is 1.85 bits per heavy atom. The summed E-state index contributed by atoms with van der Waals surface area (Å²) in [6.07, 6.45) is 0. The van der Waals surface area contributed by atoms with E-state index in [2.05, 4.69) is 5.32 Å². The third-order valence-electron chi connectivity index (χ3n) is 2.60. The lowest BCUT2D eigenvalue weighted by molar-refractivity contribution is 0.102. The van der Waals surface area contributed by atoms with Crippen molar-refractivity contribution in [2.45, 2.75) is 6.92 Å². The number of benzene rings is 2. The van der Waals surface area contributed by atoms with Crippen molar-refractivity contribution in [2.24, 2.45) is 0 Å². The van der Waals surface area contributed by atoms with Gasteiger partial charge >= 0.3 is 0 Å². The fourth-order valence-electron chi connectivity index (χ4n) is 1.66. The standard InChI is InChI=1S/C15H13F2NO2/c1-2-20-12-6-3-10(4-7-12)15(19)18-14-9-11(16)5-8-13(14)17/h3-9H,2H2,1H3,(H,18,19). The molecule has 104 valence electrons. The van der Waals surface area contributed by atoms with E-state index >= 15 is 0 Å². The molecule has 20 heavy (non-hydrogen) atoms. The van der Waals surface area contributed by atoms with Crippen molar-refractivity contribution in [3.05, 3.63) is 59.7 Å². The number of rotatable bonds is 4. The molecule has 0 atom stereocenters. The lowest BCUT2D eigenvalue weighted by Gasteiger charge is -2.07. The summed E-state index contributed by atoms with van der Waals surface area (Å²) in [6.45, 7) is 2.38. The first-order chi connectivity index (χ1) is 9.60. The van der Waals surface area contributed by atoms with E-state index in [4.69, 9.17) is 4.74 Å². The number of anilines is 1. The molecule has 2 aromatic carbocycles. The third-order valence-corrected chi connectivity index (χ3v) is 2.60. The summed E-state index contributed by atoms with van der Waals surface area (Å²) in [4.78, 5) is 11.9. The van der Waals surface area contributed by atoms with Gasteiger partial charge < -0.3 is 10.1 Å². The third kappa shape index (κ3) is 3.32. The highest BCUT2D eigenvalue weighted by molar-refractivity contribution is 6.04. The molecule has 0 radical (unpaired) electrons. The number of nitrogens with one attached hydrogen (secondary N) is 1. The van der Waals surface area contributed by atoms with E-state index in [0.717, 1.165) is 18.2 Å². The molecule has 1 N–H and O–H groups in total. The Kier molecular flexibility index (Phi) is 4.30. The molecule has 0 saturated carbocycles. The summed E-state index contributed by atoms with van der Waals surface area (Å²) < 4.78 is 31.7. The summed E-state index contributed by atoms with van der Waals surface area (Å²) in [5, 5.41) is 2.32. The van der Waals surface area contributed by atoms with Gasteiger partial charge in [0.15, 0.2) is 0 Å². The average Bonchev–Trinajstić information content (AvgIpc) is 2.44. The Labute approximate surface area is 115 Å². The molecule has 0 unspecified atom stereocenters. The molecule has 0 spiro atoms. The van der Waals surface area contributed by atoms with Gasteiger partial charge in [0.25, 0.3) is 5.91 Å². The van der Waals surface area contributed by atoms with Crippen molar-refractivity contribution in [3.63, 3.8) is 0 Å². The van der Waals surface area contributed by atoms with Gasteiger partial charge in [0.05, 0.1) is 12.3 Å². The summed E-state index contributed by atoms with van der Waals surface area (Å²) >= 11 is 0. The second-order valence-corrected chi connectivity index (χ2v) is 4.04. The highest BCUT2D eigenvalue weighted by Gasteiger charge is 2.10. The summed E-state index contributed by atoms with van der Waals surface area (Å²) in [5.74, 6) is -1.18. The quantitative estimate of drug-likeness (QED) is 0.927. The Morgan fingerprint density at radius 1 is 1.15 bits per heavy atom. The van der Waals surface area contributed by atoms with E-state index in [1.807, 2.05) is 6.92 Å². The first-order valence-electron chi connectivity index (χ1n) is 6.09. The zero-order chi connectivity index (χ0) is 14.5. The molecule has 1 amide bonds. The second-order valence-electron chi connectivity index (χ2n) is 4.04. The summed E-state index contributed by atoms with van der Waals surface area (Å²) in [7, 11) is 0. The van der Waals surface area contributed by atoms with Crippen molar-refractivity contribution in [2.75, 3.05) is 11.9 Å². The highest BCUT2D eigenvalue weighted by atomic mass is 19.1. The first kappa shape index (κ1) is 14.0. The summed E-state index contributed by atoms with van der Waals surface area (Å²) in [5.41, 5.74) is 0.140. The van der Waals surface area contributed by atoms with Crippen LogP contribution in [0.4, 0.5) is 14.5 Å². The monoisotopic (exact) mass is 277 g/mol. The predicted molar refractivity (Wildman–Crippen MR) is 71.9 cm³/mol. The lowest BCUT2D eigenvalue weighted by Crippen LogP contribution is -2.13. The molecule has 0 heterocycles. The molecular formula is C15H13F2NO2. The molecule has 0 aromatic heterocycles. The summed E-state index contributed by atoms with van der Waals surface area (Å²) in [6, 6.07) is 9.27. The van der Waals surface area contributed by atoms with E-state index < -0.39 is 17.5 Å². The van der Waals surface area contributed by atoms with Crippen LogP contribution in [0.3, 0.4) is 0 Å². The van der Waals surface area contributed by atoms with Crippen LogP contribution in [0.15, 0.2) is 42.5 Å². The minimum absolute atomic E-state index is 0.191. The van der Waals surface area contributed by atoms with E-state index in [1.54, 1.807) is 24.3 Å². The number of carbonyl (C=O) groups is 1. The van der Waals surface area contributed by atoms with Gasteiger partial charge in [-0.25, -0.2) is 8.78 Å². The van der Waals surface area contributed by atoms with E-state index in [1.165, 1.54) is 0 Å². The Hall–Kier alpha value is -2.43. The van der Waals surface area contributed by atoms with Crippen molar-refractivity contribution >= 4 is 11.6 Å².